The van der Waals surface area contributed by atoms with Gasteiger partial charge in [-0.25, -0.2) is 4.98 Å². The molecule has 2 aromatic heterocycles. The molecule has 3 aromatic rings. The highest BCUT2D eigenvalue weighted by atomic mass is 32.2. The zero-order chi connectivity index (χ0) is 20.5. The van der Waals surface area contributed by atoms with E-state index in [1.165, 1.54) is 28.6 Å². The number of aromatic nitrogens is 2. The van der Waals surface area contributed by atoms with Gasteiger partial charge in [-0.15, -0.1) is 11.3 Å². The number of fused-ring (bicyclic) bond motifs is 3. The van der Waals surface area contributed by atoms with Gasteiger partial charge in [0.15, 0.2) is 5.16 Å². The van der Waals surface area contributed by atoms with E-state index in [2.05, 4.69) is 4.98 Å². The molecular weight excluding hydrogens is 418 g/mol. The zero-order valence-corrected chi connectivity index (χ0v) is 18.2. The van der Waals surface area contributed by atoms with Crippen molar-refractivity contribution in [2.24, 2.45) is 0 Å². The van der Waals surface area contributed by atoms with E-state index >= 15 is 0 Å². The number of morpholine rings is 1. The molecule has 1 amide bonds. The number of thiophene rings is 1. The van der Waals surface area contributed by atoms with E-state index in [0.717, 1.165) is 35.0 Å². The van der Waals surface area contributed by atoms with E-state index in [1.54, 1.807) is 11.3 Å². The number of benzene rings is 1. The lowest BCUT2D eigenvalue weighted by molar-refractivity contribution is -0.134. The van der Waals surface area contributed by atoms with Crippen LogP contribution in [-0.4, -0.2) is 47.1 Å². The molecule has 2 aliphatic rings. The van der Waals surface area contributed by atoms with Crippen molar-refractivity contribution in [3.63, 3.8) is 0 Å². The van der Waals surface area contributed by atoms with Crippen LogP contribution in [0.1, 0.15) is 34.1 Å². The Hall–Kier alpha value is -2.16. The second kappa shape index (κ2) is 8.53. The number of hydrogen-bond donors (Lipinski definition) is 1. The van der Waals surface area contributed by atoms with Crippen LogP contribution < -0.4 is 5.56 Å². The van der Waals surface area contributed by atoms with Gasteiger partial charge in [-0.2, -0.15) is 0 Å². The van der Waals surface area contributed by atoms with Gasteiger partial charge in [0.25, 0.3) is 5.56 Å². The molecule has 6 nitrogen and oxygen atoms in total. The number of aryl methyl sites for hydroxylation is 2. The highest BCUT2D eigenvalue weighted by Gasteiger charge is 2.29. The number of H-pyrrole nitrogens is 1. The lowest BCUT2D eigenvalue weighted by Crippen LogP contribution is -2.42. The molecule has 156 valence electrons. The van der Waals surface area contributed by atoms with Crippen molar-refractivity contribution >= 4 is 39.2 Å². The molecule has 0 spiro atoms. The van der Waals surface area contributed by atoms with Gasteiger partial charge in [0.05, 0.1) is 18.6 Å². The van der Waals surface area contributed by atoms with Crippen LogP contribution in [0.15, 0.2) is 40.3 Å². The smallest absolute Gasteiger partial charge is 0.260 e. The predicted molar refractivity (Wildman–Crippen MR) is 119 cm³/mol. The molecule has 1 saturated heterocycles. The maximum absolute atomic E-state index is 13.3. The van der Waals surface area contributed by atoms with E-state index in [9.17, 15) is 9.59 Å². The summed E-state index contributed by atoms with van der Waals surface area (Å²) in [6.45, 7) is 2.28. The Morgan fingerprint density at radius 3 is 2.73 bits per heavy atom. The van der Waals surface area contributed by atoms with Crippen molar-refractivity contribution in [2.45, 2.75) is 36.1 Å². The van der Waals surface area contributed by atoms with Crippen molar-refractivity contribution < 1.29 is 9.53 Å². The lowest BCUT2D eigenvalue weighted by atomic mass is 9.97. The molecule has 1 aliphatic heterocycles. The molecule has 8 heteroatoms. The summed E-state index contributed by atoms with van der Waals surface area (Å²) in [6, 6.07) is 9.71. The van der Waals surface area contributed by atoms with Crippen LogP contribution in [0.3, 0.4) is 0 Å². The molecule has 1 aromatic carbocycles. The molecule has 1 atom stereocenters. The topological polar surface area (TPSA) is 75.3 Å². The van der Waals surface area contributed by atoms with Gasteiger partial charge in [0.2, 0.25) is 5.91 Å². The van der Waals surface area contributed by atoms with Crippen LogP contribution in [0.25, 0.3) is 10.2 Å². The fourth-order valence-electron chi connectivity index (χ4n) is 4.15. The molecule has 1 aliphatic carbocycles. The Morgan fingerprint density at radius 1 is 1.17 bits per heavy atom. The van der Waals surface area contributed by atoms with Crippen LogP contribution in [0, 0.1) is 0 Å². The van der Waals surface area contributed by atoms with E-state index in [1.807, 2.05) is 35.2 Å². The molecule has 0 saturated carbocycles. The second-order valence-corrected chi connectivity index (χ2v) is 9.79. The SMILES string of the molecule is O=C(C(Sc1nc2sc3c(c2c(=O)[nH]1)CCCC3)c1ccccc1)N1CCOCC1. The second-order valence-electron chi connectivity index (χ2n) is 7.61. The van der Waals surface area contributed by atoms with Crippen LogP contribution in [0.5, 0.6) is 0 Å². The standard InChI is InChI=1S/C22H23N3O3S2/c26-19-17-15-8-4-5-9-16(15)29-20(17)24-22(23-19)30-18(14-6-2-1-3-7-14)21(27)25-10-12-28-13-11-25/h1-3,6-7,18H,4-5,8-13H2,(H,23,24,26). The summed E-state index contributed by atoms with van der Waals surface area (Å²) in [5, 5.41) is 0.788. The van der Waals surface area contributed by atoms with Crippen molar-refractivity contribution in [1.29, 1.82) is 0 Å². The Kier molecular flexibility index (Phi) is 5.62. The van der Waals surface area contributed by atoms with E-state index in [4.69, 9.17) is 9.72 Å². The summed E-state index contributed by atoms with van der Waals surface area (Å²) in [4.78, 5) is 37.9. The average Bonchev–Trinajstić information content (AvgIpc) is 3.17. The summed E-state index contributed by atoms with van der Waals surface area (Å²) in [5.41, 5.74) is 2.00. The van der Waals surface area contributed by atoms with Crippen molar-refractivity contribution in [1.82, 2.24) is 14.9 Å². The minimum atomic E-state index is -0.459. The van der Waals surface area contributed by atoms with Crippen LogP contribution >= 0.6 is 23.1 Å². The quantitative estimate of drug-likeness (QED) is 0.495. The third kappa shape index (κ3) is 3.79. The maximum atomic E-state index is 13.3. The highest BCUT2D eigenvalue weighted by Crippen LogP contribution is 2.38. The molecule has 1 unspecified atom stereocenters. The molecule has 0 bridgehead atoms. The fourth-order valence-corrected chi connectivity index (χ4v) is 6.53. The van der Waals surface area contributed by atoms with Gasteiger partial charge in [-0.3, -0.25) is 9.59 Å². The van der Waals surface area contributed by atoms with Crippen LogP contribution in [0.2, 0.25) is 0 Å². The number of aromatic amines is 1. The predicted octanol–water partition coefficient (Wildman–Crippen LogP) is 3.56. The highest BCUT2D eigenvalue weighted by molar-refractivity contribution is 8.00. The monoisotopic (exact) mass is 441 g/mol. The lowest BCUT2D eigenvalue weighted by Gasteiger charge is -2.30. The van der Waals surface area contributed by atoms with Gasteiger partial charge in [0, 0.05) is 18.0 Å². The summed E-state index contributed by atoms with van der Waals surface area (Å²) in [5.74, 6) is 0.0303. The number of amides is 1. The average molecular weight is 442 g/mol. The maximum Gasteiger partial charge on any atom is 0.260 e. The Labute approximate surface area is 182 Å². The Morgan fingerprint density at radius 2 is 1.93 bits per heavy atom. The summed E-state index contributed by atoms with van der Waals surface area (Å²) >= 11 is 2.96. The number of nitrogens with zero attached hydrogens (tertiary/aromatic N) is 2. The fraction of sp³-hybridized carbons (Fsp3) is 0.409. The zero-order valence-electron chi connectivity index (χ0n) is 16.6. The van der Waals surface area contributed by atoms with E-state index in [-0.39, 0.29) is 11.5 Å². The summed E-state index contributed by atoms with van der Waals surface area (Å²) < 4.78 is 5.40. The Balaban J connectivity index is 1.50. The van der Waals surface area contributed by atoms with Gasteiger partial charge in [-0.1, -0.05) is 42.1 Å². The number of rotatable bonds is 4. The van der Waals surface area contributed by atoms with Crippen LogP contribution in [0.4, 0.5) is 0 Å². The third-order valence-corrected chi connectivity index (χ3v) is 7.99. The molecular formula is C22H23N3O3S2. The molecule has 5 rings (SSSR count). The van der Waals surface area contributed by atoms with Crippen molar-refractivity contribution in [3.8, 4) is 0 Å². The minimum absolute atomic E-state index is 0.0303. The largest absolute Gasteiger partial charge is 0.378 e. The number of hydrogen-bond acceptors (Lipinski definition) is 6. The van der Waals surface area contributed by atoms with Gasteiger partial charge in [-0.05, 0) is 36.8 Å². The summed E-state index contributed by atoms with van der Waals surface area (Å²) in [7, 11) is 0. The van der Waals surface area contributed by atoms with Crippen molar-refractivity contribution in [3.05, 3.63) is 56.7 Å². The van der Waals surface area contributed by atoms with Gasteiger partial charge in [0.1, 0.15) is 10.1 Å². The van der Waals surface area contributed by atoms with E-state index in [0.29, 0.717) is 31.5 Å². The van der Waals surface area contributed by atoms with Crippen LogP contribution in [-0.2, 0) is 22.4 Å². The first-order valence-electron chi connectivity index (χ1n) is 10.3. The number of nitrogens with one attached hydrogen (secondary N) is 1. The number of carbonyl (C=O) groups is 1. The minimum Gasteiger partial charge on any atom is -0.378 e. The van der Waals surface area contributed by atoms with E-state index < -0.39 is 5.25 Å². The first-order valence-corrected chi connectivity index (χ1v) is 12.0. The molecule has 1 fully saturated rings. The Bertz CT molecular complexity index is 1120. The van der Waals surface area contributed by atoms with Gasteiger partial charge < -0.3 is 14.6 Å². The van der Waals surface area contributed by atoms with Crippen molar-refractivity contribution in [2.75, 3.05) is 26.3 Å². The molecule has 3 heterocycles. The number of ether oxygens (including phenoxy) is 1. The molecule has 30 heavy (non-hydrogen) atoms. The third-order valence-electron chi connectivity index (χ3n) is 5.68. The first kappa shape index (κ1) is 19.8. The number of thioether (sulfide) groups is 1. The normalized spacial score (nSPS) is 17.7. The van der Waals surface area contributed by atoms with Gasteiger partial charge >= 0.3 is 0 Å². The number of carbonyl (C=O) groups excluding carboxylic acids is 1. The molecule has 0 radical (unpaired) electrons. The molecule has 1 N–H and O–H groups in total. The summed E-state index contributed by atoms with van der Waals surface area (Å²) in [6.07, 6.45) is 4.28. The first-order chi connectivity index (χ1) is 14.7.